The summed E-state index contributed by atoms with van der Waals surface area (Å²) in [5.74, 6) is 0.978. The number of rotatable bonds is 6. The molecule has 3 nitrogen and oxygen atoms in total. The molecule has 1 aromatic heterocycles. The molecule has 94 valence electrons. The summed E-state index contributed by atoms with van der Waals surface area (Å²) >= 11 is 1.79. The molecule has 0 aliphatic heterocycles. The molecule has 2 aromatic rings. The lowest BCUT2D eigenvalue weighted by Crippen LogP contribution is -1.96. The summed E-state index contributed by atoms with van der Waals surface area (Å²) < 4.78 is 0. The van der Waals surface area contributed by atoms with E-state index in [1.165, 1.54) is 31.2 Å². The van der Waals surface area contributed by atoms with Crippen molar-refractivity contribution in [3.8, 4) is 0 Å². The average Bonchev–Trinajstić information content (AvgIpc) is 3.11. The molecule has 0 bridgehead atoms. The van der Waals surface area contributed by atoms with E-state index in [4.69, 9.17) is 0 Å². The van der Waals surface area contributed by atoms with Crippen LogP contribution in [0.15, 0.2) is 41.8 Å². The third-order valence-corrected chi connectivity index (χ3v) is 4.56. The van der Waals surface area contributed by atoms with Gasteiger partial charge in [-0.3, -0.25) is 5.10 Å². The van der Waals surface area contributed by atoms with Crippen LogP contribution in [-0.4, -0.2) is 15.2 Å². The molecule has 3 rings (SSSR count). The van der Waals surface area contributed by atoms with Gasteiger partial charge in [-0.05, 0) is 24.3 Å². The Kier molecular flexibility index (Phi) is 3.64. The van der Waals surface area contributed by atoms with Crippen LogP contribution < -0.4 is 0 Å². The number of thioether (sulfide) groups is 1. The first-order valence-electron chi connectivity index (χ1n) is 6.49. The highest BCUT2D eigenvalue weighted by Crippen LogP contribution is 2.41. The highest BCUT2D eigenvalue weighted by molar-refractivity contribution is 7.99. The van der Waals surface area contributed by atoms with Crippen molar-refractivity contribution < 1.29 is 0 Å². The van der Waals surface area contributed by atoms with E-state index in [0.717, 1.165) is 11.1 Å². The van der Waals surface area contributed by atoms with Gasteiger partial charge in [0, 0.05) is 5.25 Å². The van der Waals surface area contributed by atoms with E-state index in [1.54, 1.807) is 18.1 Å². The lowest BCUT2D eigenvalue weighted by Gasteiger charge is -2.15. The third kappa shape index (κ3) is 3.13. The van der Waals surface area contributed by atoms with E-state index in [9.17, 15) is 0 Å². The summed E-state index contributed by atoms with van der Waals surface area (Å²) in [6.45, 7) is 0. The number of nitrogens with one attached hydrogen (secondary N) is 1. The van der Waals surface area contributed by atoms with Crippen molar-refractivity contribution in [3.05, 3.63) is 42.2 Å². The van der Waals surface area contributed by atoms with Crippen molar-refractivity contribution in [2.24, 2.45) is 5.92 Å². The Morgan fingerprint density at radius 2 is 2.11 bits per heavy atom. The van der Waals surface area contributed by atoms with Crippen LogP contribution >= 0.6 is 11.8 Å². The summed E-state index contributed by atoms with van der Waals surface area (Å²) in [6.07, 6.45) is 6.98. The molecule has 1 atom stereocenters. The van der Waals surface area contributed by atoms with Crippen molar-refractivity contribution in [1.29, 1.82) is 0 Å². The normalized spacial score (nSPS) is 16.7. The Morgan fingerprint density at radius 3 is 2.78 bits per heavy atom. The molecular formula is C14H17N3S. The minimum atomic E-state index is 0.486. The summed E-state index contributed by atoms with van der Waals surface area (Å²) in [4.78, 5) is 4.22. The molecule has 18 heavy (non-hydrogen) atoms. The Morgan fingerprint density at radius 1 is 1.28 bits per heavy atom. The highest BCUT2D eigenvalue weighted by Gasteiger charge is 2.24. The molecular weight excluding hydrogens is 242 g/mol. The molecule has 1 aliphatic rings. The maximum Gasteiger partial charge on any atom is 0.183 e. The Hall–Kier alpha value is -1.29. The Labute approximate surface area is 111 Å². The Bertz CT molecular complexity index is 465. The van der Waals surface area contributed by atoms with Gasteiger partial charge >= 0.3 is 0 Å². The first-order chi connectivity index (χ1) is 8.92. The molecule has 0 radical (unpaired) electrons. The molecule has 0 amide bonds. The van der Waals surface area contributed by atoms with Crippen molar-refractivity contribution in [1.82, 2.24) is 15.2 Å². The summed E-state index contributed by atoms with van der Waals surface area (Å²) in [6, 6.07) is 10.7. The van der Waals surface area contributed by atoms with Gasteiger partial charge in [0.25, 0.3) is 0 Å². The van der Waals surface area contributed by atoms with Crippen molar-refractivity contribution in [3.63, 3.8) is 0 Å². The lowest BCUT2D eigenvalue weighted by molar-refractivity contribution is 0.657. The minimum absolute atomic E-state index is 0.486. The zero-order chi connectivity index (χ0) is 12.2. The molecule has 4 heteroatoms. The van der Waals surface area contributed by atoms with Crippen LogP contribution in [0.5, 0.6) is 0 Å². The van der Waals surface area contributed by atoms with Gasteiger partial charge in [0.1, 0.15) is 6.33 Å². The number of aromatic nitrogens is 3. The first kappa shape index (κ1) is 11.8. The van der Waals surface area contributed by atoms with E-state index < -0.39 is 0 Å². The lowest BCUT2D eigenvalue weighted by atomic mass is 10.1. The van der Waals surface area contributed by atoms with Gasteiger partial charge in [-0.15, -0.1) is 0 Å². The van der Waals surface area contributed by atoms with Gasteiger partial charge in [0.15, 0.2) is 5.16 Å². The average molecular weight is 259 g/mol. The summed E-state index contributed by atoms with van der Waals surface area (Å²) in [5, 5.41) is 8.26. The van der Waals surface area contributed by atoms with Crippen LogP contribution in [0.1, 0.15) is 36.5 Å². The maximum atomic E-state index is 4.22. The predicted octanol–water partition coefficient (Wildman–Crippen LogP) is 3.83. The second-order valence-electron chi connectivity index (χ2n) is 4.83. The molecule has 1 unspecified atom stereocenters. The van der Waals surface area contributed by atoms with Crippen LogP contribution in [0.4, 0.5) is 0 Å². The standard InChI is InChI=1S/C14H17N3S/c1-2-4-12(5-3-1)13(9-8-11-6-7-11)18-14-15-10-16-17-14/h1-5,10-11,13H,6-9H2,(H,15,16,17). The molecule has 1 N–H and O–H groups in total. The first-order valence-corrected chi connectivity index (χ1v) is 7.37. The monoisotopic (exact) mass is 259 g/mol. The number of aromatic amines is 1. The van der Waals surface area contributed by atoms with Crippen molar-refractivity contribution in [2.75, 3.05) is 0 Å². The quantitative estimate of drug-likeness (QED) is 0.802. The van der Waals surface area contributed by atoms with Crippen molar-refractivity contribution >= 4 is 11.8 Å². The van der Waals surface area contributed by atoms with Gasteiger partial charge in [-0.25, -0.2) is 4.98 Å². The molecule has 1 aliphatic carbocycles. The van der Waals surface area contributed by atoms with Gasteiger partial charge < -0.3 is 0 Å². The van der Waals surface area contributed by atoms with Gasteiger partial charge in [-0.2, -0.15) is 5.10 Å². The van der Waals surface area contributed by atoms with E-state index in [1.807, 2.05) is 0 Å². The topological polar surface area (TPSA) is 41.6 Å². The number of nitrogens with zero attached hydrogens (tertiary/aromatic N) is 2. The fourth-order valence-corrected chi connectivity index (χ4v) is 3.17. The number of benzene rings is 1. The fourth-order valence-electron chi connectivity index (χ4n) is 2.14. The third-order valence-electron chi connectivity index (χ3n) is 3.35. The van der Waals surface area contributed by atoms with Crippen LogP contribution in [0, 0.1) is 5.92 Å². The molecule has 0 saturated heterocycles. The predicted molar refractivity (Wildman–Crippen MR) is 73.4 cm³/mol. The SMILES string of the molecule is c1ccc(C(CCC2CC2)Sc2ncn[nH]2)cc1. The van der Waals surface area contributed by atoms with Crippen LogP contribution in [0.2, 0.25) is 0 Å². The largest absolute Gasteiger partial charge is 0.254 e. The molecule has 1 heterocycles. The van der Waals surface area contributed by atoms with Gasteiger partial charge in [-0.1, -0.05) is 54.9 Å². The van der Waals surface area contributed by atoms with Crippen LogP contribution in [0.25, 0.3) is 0 Å². The number of hydrogen-bond donors (Lipinski definition) is 1. The second-order valence-corrected chi connectivity index (χ2v) is 6.02. The number of hydrogen-bond acceptors (Lipinski definition) is 3. The minimum Gasteiger partial charge on any atom is -0.254 e. The van der Waals surface area contributed by atoms with E-state index in [0.29, 0.717) is 5.25 Å². The zero-order valence-electron chi connectivity index (χ0n) is 10.2. The van der Waals surface area contributed by atoms with E-state index in [-0.39, 0.29) is 0 Å². The van der Waals surface area contributed by atoms with E-state index in [2.05, 4.69) is 45.5 Å². The smallest absolute Gasteiger partial charge is 0.183 e. The highest BCUT2D eigenvalue weighted by atomic mass is 32.2. The summed E-state index contributed by atoms with van der Waals surface area (Å²) in [5.41, 5.74) is 1.39. The molecule has 0 spiro atoms. The molecule has 1 aromatic carbocycles. The molecule has 1 saturated carbocycles. The number of H-pyrrole nitrogens is 1. The van der Waals surface area contributed by atoms with Crippen LogP contribution in [-0.2, 0) is 0 Å². The summed E-state index contributed by atoms with van der Waals surface area (Å²) in [7, 11) is 0. The fraction of sp³-hybridized carbons (Fsp3) is 0.429. The van der Waals surface area contributed by atoms with Crippen LogP contribution in [0.3, 0.4) is 0 Å². The molecule has 1 fully saturated rings. The van der Waals surface area contributed by atoms with Gasteiger partial charge in [0.05, 0.1) is 0 Å². The van der Waals surface area contributed by atoms with Crippen molar-refractivity contribution in [2.45, 2.75) is 36.1 Å². The second kappa shape index (κ2) is 5.57. The van der Waals surface area contributed by atoms with E-state index >= 15 is 0 Å². The zero-order valence-corrected chi connectivity index (χ0v) is 11.1. The Balaban J connectivity index is 1.70. The van der Waals surface area contributed by atoms with Gasteiger partial charge in [0.2, 0.25) is 0 Å². The maximum absolute atomic E-state index is 4.22.